The van der Waals surface area contributed by atoms with Gasteiger partial charge >= 0.3 is 7.12 Å². The van der Waals surface area contributed by atoms with Crippen molar-refractivity contribution >= 4 is 24.7 Å². The van der Waals surface area contributed by atoms with Crippen LogP contribution in [0.5, 0.6) is 0 Å². The highest BCUT2D eigenvalue weighted by molar-refractivity contribution is 6.60. The van der Waals surface area contributed by atoms with Gasteiger partial charge in [0, 0.05) is 17.5 Å². The largest absolute Gasteiger partial charge is 0.489 e. The summed E-state index contributed by atoms with van der Waals surface area (Å²) < 4.78 is 0. The van der Waals surface area contributed by atoms with Crippen molar-refractivity contribution in [2.45, 2.75) is 6.92 Å². The molecule has 3 N–H and O–H groups in total. The molecule has 0 atom stereocenters. The highest BCUT2D eigenvalue weighted by Crippen LogP contribution is 2.00. The summed E-state index contributed by atoms with van der Waals surface area (Å²) in [6, 6.07) is 9.90. The van der Waals surface area contributed by atoms with E-state index in [2.05, 4.69) is 15.5 Å². The van der Waals surface area contributed by atoms with E-state index in [1.807, 2.05) is 0 Å². The highest BCUT2D eigenvalue weighted by atomic mass is 16.4. The van der Waals surface area contributed by atoms with Crippen molar-refractivity contribution in [2.75, 3.05) is 0 Å². The van der Waals surface area contributed by atoms with Crippen LogP contribution in [0.1, 0.15) is 21.6 Å². The molecule has 0 spiro atoms. The molecule has 0 saturated carbocycles. The van der Waals surface area contributed by atoms with Gasteiger partial charge in [0.15, 0.2) is 0 Å². The molecule has 7 heteroatoms. The zero-order valence-electron chi connectivity index (χ0n) is 11.4. The van der Waals surface area contributed by atoms with Crippen molar-refractivity contribution in [2.24, 2.45) is 5.10 Å². The first kappa shape index (κ1) is 14.9. The monoisotopic (exact) mass is 283 g/mol. The quantitative estimate of drug-likeness (QED) is 0.412. The van der Waals surface area contributed by atoms with Crippen LogP contribution in [0.4, 0.5) is 0 Å². The van der Waals surface area contributed by atoms with Crippen LogP contribution in [0.15, 0.2) is 47.7 Å². The minimum atomic E-state index is -1.59. The molecular weight excluding hydrogens is 269 g/mol. The van der Waals surface area contributed by atoms with Gasteiger partial charge in [-0.15, -0.1) is 0 Å². The van der Waals surface area contributed by atoms with Gasteiger partial charge in [0.1, 0.15) is 0 Å². The number of nitrogens with zero attached hydrogens (tertiary/aromatic N) is 2. The first-order valence-electron chi connectivity index (χ1n) is 6.29. The molecule has 0 fully saturated rings. The predicted molar refractivity (Wildman–Crippen MR) is 80.3 cm³/mol. The van der Waals surface area contributed by atoms with E-state index in [9.17, 15) is 14.8 Å². The number of aromatic nitrogens is 1. The molecule has 6 nitrogen and oxygen atoms in total. The van der Waals surface area contributed by atoms with Gasteiger partial charge in [-0.2, -0.15) is 5.10 Å². The second kappa shape index (κ2) is 6.78. The van der Waals surface area contributed by atoms with E-state index in [0.29, 0.717) is 16.6 Å². The van der Waals surface area contributed by atoms with Crippen LogP contribution >= 0.6 is 0 Å². The van der Waals surface area contributed by atoms with E-state index in [1.165, 1.54) is 6.21 Å². The van der Waals surface area contributed by atoms with E-state index in [1.54, 1.807) is 49.5 Å². The third-order valence-electron chi connectivity index (χ3n) is 2.80. The molecule has 0 unspecified atom stereocenters. The Morgan fingerprint density at radius 2 is 2.10 bits per heavy atom. The Balaban J connectivity index is 2.08. The van der Waals surface area contributed by atoms with Crippen molar-refractivity contribution in [3.8, 4) is 0 Å². The number of rotatable bonds is 4. The zero-order chi connectivity index (χ0) is 15.2. The Labute approximate surface area is 122 Å². The lowest BCUT2D eigenvalue weighted by Crippen LogP contribution is -2.33. The Hall–Kier alpha value is -2.51. The molecule has 1 aromatic heterocycles. The predicted octanol–water partition coefficient (Wildman–Crippen LogP) is -0.166. The van der Waals surface area contributed by atoms with Crippen LogP contribution in [-0.4, -0.2) is 34.3 Å². The maximum absolute atomic E-state index is 11.9. The molecule has 0 aliphatic rings. The van der Waals surface area contributed by atoms with Gasteiger partial charge in [-0.1, -0.05) is 24.3 Å². The van der Waals surface area contributed by atoms with Crippen LogP contribution in [0.25, 0.3) is 0 Å². The number of hydrazone groups is 1. The normalized spacial score (nSPS) is 10.6. The summed E-state index contributed by atoms with van der Waals surface area (Å²) in [5.74, 6) is -0.362. The third kappa shape index (κ3) is 3.98. The van der Waals surface area contributed by atoms with Crippen LogP contribution in [-0.2, 0) is 0 Å². The molecule has 0 saturated heterocycles. The smallest absolute Gasteiger partial charge is 0.423 e. The molecule has 0 aliphatic carbocycles. The molecule has 1 aromatic carbocycles. The molecule has 21 heavy (non-hydrogen) atoms. The van der Waals surface area contributed by atoms with Crippen LogP contribution in [0.3, 0.4) is 0 Å². The summed E-state index contributed by atoms with van der Waals surface area (Å²) in [5, 5.41) is 22.3. The number of nitrogens with one attached hydrogen (secondary N) is 1. The molecule has 1 heterocycles. The van der Waals surface area contributed by atoms with Gasteiger partial charge in [-0.25, -0.2) is 5.43 Å². The van der Waals surface area contributed by atoms with Crippen molar-refractivity contribution in [1.82, 2.24) is 10.4 Å². The topological polar surface area (TPSA) is 94.8 Å². The van der Waals surface area contributed by atoms with Crippen molar-refractivity contribution in [1.29, 1.82) is 0 Å². The maximum Gasteiger partial charge on any atom is 0.489 e. The van der Waals surface area contributed by atoms with Gasteiger partial charge in [-0.3, -0.25) is 9.78 Å². The summed E-state index contributed by atoms with van der Waals surface area (Å²) >= 11 is 0. The van der Waals surface area contributed by atoms with Gasteiger partial charge in [0.05, 0.1) is 6.21 Å². The molecule has 106 valence electrons. The first-order valence-corrected chi connectivity index (χ1v) is 6.29. The number of carbonyl (C=O) groups is 1. The van der Waals surface area contributed by atoms with Gasteiger partial charge in [0.2, 0.25) is 0 Å². The van der Waals surface area contributed by atoms with Gasteiger partial charge in [0.25, 0.3) is 5.91 Å². The molecule has 0 radical (unpaired) electrons. The summed E-state index contributed by atoms with van der Waals surface area (Å²) in [6.45, 7) is 1.79. The Bertz CT molecular complexity index is 674. The molecule has 1 amide bonds. The zero-order valence-corrected chi connectivity index (χ0v) is 11.4. The minimum absolute atomic E-state index is 0.315. The average Bonchev–Trinajstić information content (AvgIpc) is 2.47. The summed E-state index contributed by atoms with van der Waals surface area (Å²) in [6.07, 6.45) is 2.91. The van der Waals surface area contributed by atoms with Crippen LogP contribution < -0.4 is 10.9 Å². The lowest BCUT2D eigenvalue weighted by Gasteiger charge is -2.04. The number of hydrogen-bond acceptors (Lipinski definition) is 5. The molecule has 0 bridgehead atoms. The van der Waals surface area contributed by atoms with Crippen LogP contribution in [0, 0.1) is 6.92 Å². The lowest BCUT2D eigenvalue weighted by molar-refractivity contribution is 0.0955. The fraction of sp³-hybridized carbons (Fsp3) is 0.0714. The first-order chi connectivity index (χ1) is 10.1. The van der Waals surface area contributed by atoms with Crippen molar-refractivity contribution < 1.29 is 14.8 Å². The molecule has 2 rings (SSSR count). The van der Waals surface area contributed by atoms with E-state index in [-0.39, 0.29) is 5.91 Å². The van der Waals surface area contributed by atoms with E-state index in [4.69, 9.17) is 0 Å². The van der Waals surface area contributed by atoms with E-state index in [0.717, 1.165) is 5.69 Å². The fourth-order valence-electron chi connectivity index (χ4n) is 1.78. The Morgan fingerprint density at radius 1 is 1.33 bits per heavy atom. The summed E-state index contributed by atoms with van der Waals surface area (Å²) in [5.41, 5.74) is 4.40. The van der Waals surface area contributed by atoms with E-state index < -0.39 is 7.12 Å². The number of aryl methyl sites for hydroxylation is 1. The van der Waals surface area contributed by atoms with Crippen LogP contribution in [0.2, 0.25) is 0 Å². The second-order valence-corrected chi connectivity index (χ2v) is 4.39. The number of benzene rings is 1. The number of hydrogen-bond donors (Lipinski definition) is 3. The Morgan fingerprint density at radius 3 is 2.81 bits per heavy atom. The van der Waals surface area contributed by atoms with Crippen molar-refractivity contribution in [3.63, 3.8) is 0 Å². The summed E-state index contributed by atoms with van der Waals surface area (Å²) in [7, 11) is -1.59. The maximum atomic E-state index is 11.9. The standard InChI is InChI=1S/C14H14BN3O3/c1-10-8-11(6-7-16-10)14(19)18-17-9-12-4-2-3-5-13(12)15(20)21/h2-9,20-21H,1H3,(H,18,19). The van der Waals surface area contributed by atoms with Gasteiger partial charge < -0.3 is 10.0 Å². The van der Waals surface area contributed by atoms with Gasteiger partial charge in [-0.05, 0) is 30.1 Å². The summed E-state index contributed by atoms with van der Waals surface area (Å²) in [4.78, 5) is 15.9. The SMILES string of the molecule is Cc1cc(C(=O)NN=Cc2ccccc2B(O)O)ccn1. The molecular formula is C14H14BN3O3. The second-order valence-electron chi connectivity index (χ2n) is 4.39. The Kier molecular flexibility index (Phi) is 4.81. The van der Waals surface area contributed by atoms with Crippen molar-refractivity contribution in [3.05, 3.63) is 59.4 Å². The fourth-order valence-corrected chi connectivity index (χ4v) is 1.78. The molecule has 2 aromatic rings. The molecule has 0 aliphatic heterocycles. The average molecular weight is 283 g/mol. The minimum Gasteiger partial charge on any atom is -0.423 e. The number of amides is 1. The highest BCUT2D eigenvalue weighted by Gasteiger charge is 2.13. The number of carbonyl (C=O) groups excluding carboxylic acids is 1. The third-order valence-corrected chi connectivity index (χ3v) is 2.80. The van der Waals surface area contributed by atoms with E-state index >= 15 is 0 Å². The number of pyridine rings is 1. The lowest BCUT2D eigenvalue weighted by atomic mass is 9.77.